The average molecular weight is 502 g/mol. The molecule has 1 aromatic rings. The van der Waals surface area contributed by atoms with Crippen LogP contribution < -0.4 is 4.74 Å². The number of aryl methyl sites for hydroxylation is 1. The fourth-order valence-electron chi connectivity index (χ4n) is 2.74. The van der Waals surface area contributed by atoms with E-state index in [1.807, 2.05) is 12.1 Å². The van der Waals surface area contributed by atoms with Gasteiger partial charge in [0.2, 0.25) is 0 Å². The Labute approximate surface area is 137 Å². The summed E-state index contributed by atoms with van der Waals surface area (Å²) in [4.78, 5) is 26.2. The summed E-state index contributed by atoms with van der Waals surface area (Å²) >= 11 is -4.29. The molecular formula is C17H28O2Sn2. The number of benzene rings is 1. The van der Waals surface area contributed by atoms with E-state index in [2.05, 4.69) is 48.7 Å². The Hall–Kier alpha value is 0.0274. The molecular weight excluding hydrogens is 474 g/mol. The van der Waals surface area contributed by atoms with Gasteiger partial charge in [-0.15, -0.1) is 0 Å². The Bertz CT molecular complexity index is 545. The summed E-state index contributed by atoms with van der Waals surface area (Å²) in [6.45, 7) is 3.54. The van der Waals surface area contributed by atoms with Crippen molar-refractivity contribution in [1.29, 1.82) is 0 Å². The van der Waals surface area contributed by atoms with E-state index in [1.165, 1.54) is 12.5 Å². The van der Waals surface area contributed by atoms with Gasteiger partial charge in [0.25, 0.3) is 0 Å². The number of rotatable bonds is 4. The number of esters is 1. The van der Waals surface area contributed by atoms with Gasteiger partial charge in [-0.05, 0) is 0 Å². The first kappa shape index (κ1) is 19.1. The number of ether oxygens (including phenoxy) is 1. The van der Waals surface area contributed by atoms with Crippen molar-refractivity contribution in [3.8, 4) is 5.75 Å². The molecule has 0 fully saturated rings. The molecule has 0 heterocycles. The Morgan fingerprint density at radius 3 is 2.00 bits per heavy atom. The molecule has 0 amide bonds. The zero-order valence-corrected chi connectivity index (χ0v) is 20.3. The number of carbonyl (C=O) groups is 1. The quantitative estimate of drug-likeness (QED) is 0.328. The van der Waals surface area contributed by atoms with E-state index in [0.29, 0.717) is 5.75 Å². The van der Waals surface area contributed by atoms with Crippen LogP contribution in [0.4, 0.5) is 0 Å². The first-order valence-electron chi connectivity index (χ1n) is 7.43. The van der Waals surface area contributed by atoms with Crippen LogP contribution in [-0.2, 0) is 4.79 Å². The van der Waals surface area contributed by atoms with E-state index < -0.39 is 36.8 Å². The van der Waals surface area contributed by atoms with Crippen LogP contribution in [0.25, 0.3) is 6.08 Å². The van der Waals surface area contributed by atoms with Gasteiger partial charge >= 0.3 is 138 Å². The van der Waals surface area contributed by atoms with Gasteiger partial charge in [-0.1, -0.05) is 0 Å². The second kappa shape index (κ2) is 7.07. The predicted octanol–water partition coefficient (Wildman–Crippen LogP) is 5.06. The molecule has 0 bridgehead atoms. The summed E-state index contributed by atoms with van der Waals surface area (Å²) < 4.78 is 7.14. The molecule has 21 heavy (non-hydrogen) atoms. The molecule has 116 valence electrons. The minimum atomic E-state index is -2.15. The second-order valence-corrected chi connectivity index (χ2v) is 40.5. The third kappa shape index (κ3) is 5.97. The summed E-state index contributed by atoms with van der Waals surface area (Å²) in [5, 5.41) is 0. The van der Waals surface area contributed by atoms with E-state index in [9.17, 15) is 4.79 Å². The van der Waals surface area contributed by atoms with Crippen LogP contribution in [-0.4, -0.2) is 42.7 Å². The van der Waals surface area contributed by atoms with Crippen LogP contribution in [0.2, 0.25) is 29.6 Å². The molecule has 0 radical (unpaired) electrons. The SMILES string of the molecule is CC(=O)Oc1ccc(C)cc1C=[C]([Sn]([CH3])([CH3])[CH3])[Sn]([CH3])([CH3])[CH3]. The molecule has 1 rings (SSSR count). The first-order valence-corrected chi connectivity index (χ1v) is 27.4. The molecule has 0 aromatic heterocycles. The predicted molar refractivity (Wildman–Crippen MR) is 97.2 cm³/mol. The number of carbonyl (C=O) groups excluding carboxylic acids is 1. The molecule has 0 unspecified atom stereocenters. The molecule has 4 heteroatoms. The van der Waals surface area contributed by atoms with Crippen molar-refractivity contribution in [3.63, 3.8) is 0 Å². The summed E-state index contributed by atoms with van der Waals surface area (Å²) in [5.74, 6) is 0.435. The third-order valence-corrected chi connectivity index (χ3v) is 42.1. The Morgan fingerprint density at radius 2 is 1.57 bits per heavy atom. The van der Waals surface area contributed by atoms with Crippen molar-refractivity contribution >= 4 is 48.8 Å². The van der Waals surface area contributed by atoms with Crippen LogP contribution in [0.3, 0.4) is 0 Å². The minimum absolute atomic E-state index is 0.256. The van der Waals surface area contributed by atoms with E-state index in [-0.39, 0.29) is 5.97 Å². The van der Waals surface area contributed by atoms with E-state index in [1.54, 1.807) is 1.60 Å². The van der Waals surface area contributed by atoms with Crippen LogP contribution >= 0.6 is 0 Å². The standard InChI is InChI=1S/C11H10O2.6CH3.2Sn/c1-4-10-7-8(2)5-6-11(10)13-9(3)12;;;;;;;;/h4-7H,2-3H3;6*1H3;;. The zero-order chi connectivity index (χ0) is 16.4. The summed E-state index contributed by atoms with van der Waals surface area (Å²) in [5.41, 5.74) is 2.27. The number of hydrogen-bond donors (Lipinski definition) is 0. The topological polar surface area (TPSA) is 26.3 Å². The van der Waals surface area contributed by atoms with E-state index in [4.69, 9.17) is 4.74 Å². The van der Waals surface area contributed by atoms with Gasteiger partial charge in [0, 0.05) is 0 Å². The Balaban J connectivity index is 3.46. The maximum atomic E-state index is 11.3. The average Bonchev–Trinajstić information content (AvgIpc) is 2.25. The van der Waals surface area contributed by atoms with Crippen LogP contribution in [0.5, 0.6) is 5.75 Å². The monoisotopic (exact) mass is 504 g/mol. The molecule has 2 nitrogen and oxygen atoms in total. The molecule has 0 aliphatic heterocycles. The Morgan fingerprint density at radius 1 is 1.05 bits per heavy atom. The molecule has 0 N–H and O–H groups in total. The van der Waals surface area contributed by atoms with Crippen molar-refractivity contribution in [2.45, 2.75) is 43.5 Å². The molecule has 0 saturated heterocycles. The second-order valence-electron chi connectivity index (χ2n) is 7.69. The maximum absolute atomic E-state index is 11.3. The van der Waals surface area contributed by atoms with Crippen molar-refractivity contribution < 1.29 is 9.53 Å². The van der Waals surface area contributed by atoms with Crippen molar-refractivity contribution in [3.05, 3.63) is 30.9 Å². The van der Waals surface area contributed by atoms with Gasteiger partial charge in [-0.2, -0.15) is 0 Å². The van der Waals surface area contributed by atoms with Crippen molar-refractivity contribution in [2.75, 3.05) is 0 Å². The van der Waals surface area contributed by atoms with Gasteiger partial charge in [0.15, 0.2) is 0 Å². The molecule has 0 saturated carbocycles. The van der Waals surface area contributed by atoms with Crippen molar-refractivity contribution in [1.82, 2.24) is 0 Å². The Kier molecular flexibility index (Phi) is 6.42. The summed E-state index contributed by atoms with van der Waals surface area (Å²) in [6.07, 6.45) is 2.36. The van der Waals surface area contributed by atoms with Gasteiger partial charge < -0.3 is 0 Å². The van der Waals surface area contributed by atoms with E-state index in [0.717, 1.165) is 5.56 Å². The van der Waals surface area contributed by atoms with Crippen molar-refractivity contribution in [2.24, 2.45) is 0 Å². The fraction of sp³-hybridized carbons (Fsp3) is 0.471. The van der Waals surface area contributed by atoms with Gasteiger partial charge in [0.1, 0.15) is 0 Å². The first-order chi connectivity index (χ1) is 9.41. The van der Waals surface area contributed by atoms with Gasteiger partial charge in [0.05, 0.1) is 0 Å². The molecule has 0 aliphatic carbocycles. The summed E-state index contributed by atoms with van der Waals surface area (Å²) in [6, 6.07) is 6.04. The van der Waals surface area contributed by atoms with Crippen LogP contribution in [0.15, 0.2) is 19.8 Å². The third-order valence-electron chi connectivity index (χ3n) is 3.33. The molecule has 0 aliphatic rings. The van der Waals surface area contributed by atoms with Gasteiger partial charge in [-0.3, -0.25) is 0 Å². The molecule has 1 aromatic carbocycles. The van der Waals surface area contributed by atoms with Crippen LogP contribution in [0, 0.1) is 6.92 Å². The molecule has 0 atom stereocenters. The van der Waals surface area contributed by atoms with Crippen LogP contribution in [0.1, 0.15) is 18.1 Å². The van der Waals surface area contributed by atoms with Gasteiger partial charge in [-0.25, -0.2) is 0 Å². The number of hydrogen-bond acceptors (Lipinski definition) is 2. The molecule has 0 spiro atoms. The fourth-order valence-corrected chi connectivity index (χ4v) is 55.6. The normalized spacial score (nSPS) is 12.0. The van der Waals surface area contributed by atoms with E-state index >= 15 is 0 Å². The zero-order valence-electron chi connectivity index (χ0n) is 14.6. The summed E-state index contributed by atoms with van der Waals surface area (Å²) in [7, 11) is 0.